The van der Waals surface area contributed by atoms with Crippen molar-refractivity contribution in [3.8, 4) is 11.5 Å². The SMILES string of the molecule is CCCCCOc1ccc(/C=C2/SC(=S)N(CC(=O)[O-])C2=O)cc1OCC. The number of benzene rings is 1. The monoisotopic (exact) mass is 408 g/mol. The third-order valence-corrected chi connectivity index (χ3v) is 5.11. The van der Waals surface area contributed by atoms with E-state index in [2.05, 4.69) is 6.92 Å². The van der Waals surface area contributed by atoms with Crippen LogP contribution in [0.1, 0.15) is 38.7 Å². The van der Waals surface area contributed by atoms with Crippen molar-refractivity contribution in [1.29, 1.82) is 0 Å². The van der Waals surface area contributed by atoms with Gasteiger partial charge in [0.15, 0.2) is 11.5 Å². The average Bonchev–Trinajstić information content (AvgIpc) is 2.87. The van der Waals surface area contributed by atoms with Crippen molar-refractivity contribution in [3.63, 3.8) is 0 Å². The number of hydrogen-bond acceptors (Lipinski definition) is 7. The molecule has 1 aliphatic rings. The summed E-state index contributed by atoms with van der Waals surface area (Å²) < 4.78 is 11.7. The van der Waals surface area contributed by atoms with Gasteiger partial charge >= 0.3 is 0 Å². The van der Waals surface area contributed by atoms with Crippen LogP contribution in [0.5, 0.6) is 11.5 Å². The molecule has 1 aliphatic heterocycles. The molecule has 0 saturated carbocycles. The molecule has 1 heterocycles. The van der Waals surface area contributed by atoms with E-state index in [4.69, 9.17) is 21.7 Å². The summed E-state index contributed by atoms with van der Waals surface area (Å²) in [6.07, 6.45) is 4.87. The molecule has 8 heteroatoms. The van der Waals surface area contributed by atoms with Crippen LogP contribution in [-0.4, -0.2) is 40.9 Å². The quantitative estimate of drug-likeness (QED) is 0.334. The van der Waals surface area contributed by atoms with Crippen LogP contribution >= 0.6 is 24.0 Å². The Hall–Kier alpha value is -2.06. The molecule has 6 nitrogen and oxygen atoms in total. The largest absolute Gasteiger partial charge is 0.548 e. The highest BCUT2D eigenvalue weighted by atomic mass is 32.2. The van der Waals surface area contributed by atoms with Gasteiger partial charge < -0.3 is 19.4 Å². The second-order valence-electron chi connectivity index (χ2n) is 5.83. The lowest BCUT2D eigenvalue weighted by Gasteiger charge is -2.14. The molecule has 0 spiro atoms. The van der Waals surface area contributed by atoms with Crippen LogP contribution in [0, 0.1) is 0 Å². The second kappa shape index (κ2) is 10.3. The summed E-state index contributed by atoms with van der Waals surface area (Å²) in [5.74, 6) is -0.523. The van der Waals surface area contributed by atoms with Crippen LogP contribution in [0.4, 0.5) is 0 Å². The van der Waals surface area contributed by atoms with E-state index in [0.29, 0.717) is 29.6 Å². The van der Waals surface area contributed by atoms with Gasteiger partial charge in [0.25, 0.3) is 5.91 Å². The van der Waals surface area contributed by atoms with Crippen molar-refractivity contribution in [3.05, 3.63) is 28.7 Å². The zero-order chi connectivity index (χ0) is 19.8. The first kappa shape index (κ1) is 21.2. The number of carboxylic acids is 1. The summed E-state index contributed by atoms with van der Waals surface area (Å²) in [5.41, 5.74) is 0.744. The molecule has 1 saturated heterocycles. The van der Waals surface area contributed by atoms with Gasteiger partial charge in [-0.15, -0.1) is 0 Å². The van der Waals surface area contributed by atoms with E-state index >= 15 is 0 Å². The molecule has 0 N–H and O–H groups in total. The first-order chi connectivity index (χ1) is 13.0. The van der Waals surface area contributed by atoms with Crippen LogP contribution in [0.2, 0.25) is 0 Å². The molecule has 1 amide bonds. The molecule has 1 aromatic carbocycles. The Morgan fingerprint density at radius 1 is 1.26 bits per heavy atom. The molecule has 1 aromatic rings. The number of amides is 1. The van der Waals surface area contributed by atoms with E-state index in [0.717, 1.165) is 41.5 Å². The van der Waals surface area contributed by atoms with E-state index in [1.165, 1.54) is 0 Å². The Morgan fingerprint density at radius 3 is 2.70 bits per heavy atom. The third-order valence-electron chi connectivity index (χ3n) is 3.73. The fraction of sp³-hybridized carbons (Fsp3) is 0.421. The predicted octanol–water partition coefficient (Wildman–Crippen LogP) is 2.61. The topological polar surface area (TPSA) is 78.9 Å². The average molecular weight is 409 g/mol. The van der Waals surface area contributed by atoms with Crippen LogP contribution < -0.4 is 14.6 Å². The van der Waals surface area contributed by atoms with Gasteiger partial charge in [0, 0.05) is 0 Å². The second-order valence-corrected chi connectivity index (χ2v) is 7.51. The normalized spacial score (nSPS) is 15.5. The van der Waals surface area contributed by atoms with Crippen molar-refractivity contribution in [2.45, 2.75) is 33.1 Å². The lowest BCUT2D eigenvalue weighted by atomic mass is 10.2. The number of rotatable bonds is 10. The lowest BCUT2D eigenvalue weighted by Crippen LogP contribution is -2.40. The molecule has 0 unspecified atom stereocenters. The highest BCUT2D eigenvalue weighted by molar-refractivity contribution is 8.26. The van der Waals surface area contributed by atoms with Gasteiger partial charge in [0.1, 0.15) is 4.32 Å². The van der Waals surface area contributed by atoms with Crippen molar-refractivity contribution >= 4 is 46.3 Å². The summed E-state index contributed by atoms with van der Waals surface area (Å²) in [7, 11) is 0. The highest BCUT2D eigenvalue weighted by Gasteiger charge is 2.31. The predicted molar refractivity (Wildman–Crippen MR) is 108 cm³/mol. The number of hydrogen-bond donors (Lipinski definition) is 0. The summed E-state index contributed by atoms with van der Waals surface area (Å²) in [6.45, 7) is 4.59. The number of carbonyl (C=O) groups is 2. The van der Waals surface area contributed by atoms with Crippen molar-refractivity contribution in [2.75, 3.05) is 19.8 Å². The van der Waals surface area contributed by atoms with Crippen molar-refractivity contribution in [1.82, 2.24) is 4.90 Å². The van der Waals surface area contributed by atoms with Crippen LogP contribution in [0.3, 0.4) is 0 Å². The Bertz CT molecular complexity index is 748. The molecule has 1 fully saturated rings. The van der Waals surface area contributed by atoms with E-state index in [1.54, 1.807) is 12.1 Å². The molecular formula is C19H22NO5S2-. The lowest BCUT2D eigenvalue weighted by molar-refractivity contribution is -0.305. The number of thiocarbonyl (C=S) groups is 1. The molecule has 0 radical (unpaired) electrons. The number of carbonyl (C=O) groups excluding carboxylic acids is 2. The van der Waals surface area contributed by atoms with E-state index in [-0.39, 0.29) is 4.32 Å². The molecular weight excluding hydrogens is 386 g/mol. The van der Waals surface area contributed by atoms with Gasteiger partial charge in [-0.1, -0.05) is 49.8 Å². The van der Waals surface area contributed by atoms with E-state index in [9.17, 15) is 14.7 Å². The van der Waals surface area contributed by atoms with Crippen LogP contribution in [0.15, 0.2) is 23.1 Å². The van der Waals surface area contributed by atoms with Crippen molar-refractivity contribution < 1.29 is 24.2 Å². The zero-order valence-electron chi connectivity index (χ0n) is 15.4. The Balaban J connectivity index is 2.17. The molecule has 27 heavy (non-hydrogen) atoms. The van der Waals surface area contributed by atoms with Crippen LogP contribution in [0.25, 0.3) is 6.08 Å². The maximum Gasteiger partial charge on any atom is 0.266 e. The first-order valence-electron chi connectivity index (χ1n) is 8.81. The van der Waals surface area contributed by atoms with Gasteiger partial charge in [-0.25, -0.2) is 0 Å². The Morgan fingerprint density at radius 2 is 2.04 bits per heavy atom. The number of nitrogens with zero attached hydrogens (tertiary/aromatic N) is 1. The standard InChI is InChI=1S/C19H23NO5S2/c1-3-5-6-9-25-14-8-7-13(10-15(14)24-4-2)11-16-18(23)20(12-17(21)22)19(26)27-16/h7-8,10-11H,3-6,9,12H2,1-2H3,(H,21,22)/p-1/b16-11+. The Labute approximate surface area is 168 Å². The molecule has 0 aliphatic carbocycles. The fourth-order valence-electron chi connectivity index (χ4n) is 2.45. The number of ether oxygens (including phenoxy) is 2. The van der Waals surface area contributed by atoms with Gasteiger partial charge in [-0.3, -0.25) is 9.69 Å². The highest BCUT2D eigenvalue weighted by Crippen LogP contribution is 2.34. The minimum Gasteiger partial charge on any atom is -0.548 e. The molecule has 0 aromatic heterocycles. The Kier molecular flexibility index (Phi) is 8.12. The van der Waals surface area contributed by atoms with E-state index < -0.39 is 18.4 Å². The summed E-state index contributed by atoms with van der Waals surface area (Å²) >= 11 is 6.15. The van der Waals surface area contributed by atoms with Gasteiger partial charge in [-0.2, -0.15) is 0 Å². The van der Waals surface area contributed by atoms with Gasteiger partial charge in [-0.05, 0) is 37.1 Å². The summed E-state index contributed by atoms with van der Waals surface area (Å²) in [4.78, 5) is 24.5. The first-order valence-corrected chi connectivity index (χ1v) is 10.0. The minimum atomic E-state index is -1.35. The van der Waals surface area contributed by atoms with Crippen molar-refractivity contribution in [2.24, 2.45) is 0 Å². The van der Waals surface area contributed by atoms with Crippen LogP contribution in [-0.2, 0) is 9.59 Å². The zero-order valence-corrected chi connectivity index (χ0v) is 17.0. The number of aliphatic carboxylic acids is 1. The number of unbranched alkanes of at least 4 members (excludes halogenated alkanes) is 2. The molecule has 0 bridgehead atoms. The fourth-order valence-corrected chi connectivity index (χ4v) is 3.71. The van der Waals surface area contributed by atoms with E-state index in [1.807, 2.05) is 19.1 Å². The minimum absolute atomic E-state index is 0.205. The van der Waals surface area contributed by atoms with Gasteiger partial charge in [0.2, 0.25) is 0 Å². The maximum atomic E-state index is 12.3. The number of carboxylic acid groups (broad SMARTS) is 1. The molecule has 0 atom stereocenters. The number of thioether (sulfide) groups is 1. The molecule has 2 rings (SSSR count). The summed E-state index contributed by atoms with van der Waals surface area (Å²) in [6, 6.07) is 5.43. The third kappa shape index (κ3) is 5.97. The molecule has 146 valence electrons. The smallest absolute Gasteiger partial charge is 0.266 e. The maximum absolute atomic E-state index is 12.3. The summed E-state index contributed by atoms with van der Waals surface area (Å²) in [5, 5.41) is 10.8. The van der Waals surface area contributed by atoms with Gasteiger partial charge in [0.05, 0.1) is 30.6 Å².